The topological polar surface area (TPSA) is 57.5 Å². The molecule has 0 spiro atoms. The zero-order chi connectivity index (χ0) is 19.2. The van der Waals surface area contributed by atoms with Crippen LogP contribution in [0.1, 0.15) is 56.9 Å². The molecule has 0 N–H and O–H groups in total. The molecule has 1 unspecified atom stereocenters. The van der Waals surface area contributed by atoms with Gasteiger partial charge in [-0.2, -0.15) is 0 Å². The number of rotatable bonds is 7. The Hall–Kier alpha value is -1.47. The second kappa shape index (κ2) is 9.64. The van der Waals surface area contributed by atoms with E-state index in [2.05, 4.69) is 27.0 Å². The Morgan fingerprint density at radius 1 is 1.15 bits per heavy atom. The third-order valence-electron chi connectivity index (χ3n) is 6.32. The summed E-state index contributed by atoms with van der Waals surface area (Å²) in [7, 11) is 0. The number of piperidine rings is 2. The van der Waals surface area contributed by atoms with E-state index in [-0.39, 0.29) is 5.91 Å². The fraction of sp³-hybridized carbons (Fsp3) is 0.850. The molecule has 152 valence electrons. The maximum absolute atomic E-state index is 12.4. The molecule has 2 saturated heterocycles. The largest absolute Gasteiger partial charge is 0.338 e. The van der Waals surface area contributed by atoms with E-state index in [9.17, 15) is 4.79 Å². The second-order valence-corrected chi connectivity index (χ2v) is 7.97. The monoisotopic (exact) mass is 376 g/mol. The van der Waals surface area contributed by atoms with Gasteiger partial charge < -0.3 is 9.80 Å². The molecular formula is C20H36N6O. The first-order valence-corrected chi connectivity index (χ1v) is 10.8. The summed E-state index contributed by atoms with van der Waals surface area (Å²) in [4.78, 5) is 19.5. The van der Waals surface area contributed by atoms with Crippen molar-refractivity contribution >= 4 is 5.91 Å². The lowest BCUT2D eigenvalue weighted by Gasteiger charge is -2.42. The van der Waals surface area contributed by atoms with Gasteiger partial charge in [-0.15, -0.1) is 5.10 Å². The van der Waals surface area contributed by atoms with Crippen LogP contribution in [-0.2, 0) is 6.54 Å². The van der Waals surface area contributed by atoms with E-state index in [0.717, 1.165) is 19.1 Å². The van der Waals surface area contributed by atoms with Gasteiger partial charge in [-0.3, -0.25) is 14.4 Å². The minimum Gasteiger partial charge on any atom is -0.338 e. The summed E-state index contributed by atoms with van der Waals surface area (Å²) in [6.07, 6.45) is 6.93. The van der Waals surface area contributed by atoms with Crippen LogP contribution >= 0.6 is 0 Å². The smallest absolute Gasteiger partial charge is 0.276 e. The predicted octanol–water partition coefficient (Wildman–Crippen LogP) is 1.96. The van der Waals surface area contributed by atoms with Crippen LogP contribution in [-0.4, -0.2) is 87.5 Å². The number of aromatic nitrogens is 3. The molecule has 3 heterocycles. The van der Waals surface area contributed by atoms with Gasteiger partial charge in [-0.25, -0.2) is 0 Å². The molecule has 1 aromatic heterocycles. The SMILES string of the molecule is CCN1CCC(N2CCCC(Cn3cc(C(=O)N(CC)CC)nn3)C2)CC1. The molecule has 1 atom stereocenters. The summed E-state index contributed by atoms with van der Waals surface area (Å²) in [6.45, 7) is 14.6. The van der Waals surface area contributed by atoms with Gasteiger partial charge in [0.15, 0.2) is 5.69 Å². The van der Waals surface area contributed by atoms with Crippen LogP contribution in [0.5, 0.6) is 0 Å². The van der Waals surface area contributed by atoms with Crippen molar-refractivity contribution in [3.05, 3.63) is 11.9 Å². The molecule has 0 bridgehead atoms. The summed E-state index contributed by atoms with van der Waals surface area (Å²) in [6, 6.07) is 0.742. The Morgan fingerprint density at radius 3 is 2.56 bits per heavy atom. The Kier molecular flexibility index (Phi) is 7.24. The van der Waals surface area contributed by atoms with Gasteiger partial charge in [-0.1, -0.05) is 12.1 Å². The highest BCUT2D eigenvalue weighted by molar-refractivity contribution is 5.91. The molecule has 2 aliphatic rings. The fourth-order valence-electron chi connectivity index (χ4n) is 4.60. The van der Waals surface area contributed by atoms with Crippen LogP contribution in [0.15, 0.2) is 6.20 Å². The van der Waals surface area contributed by atoms with Gasteiger partial charge in [0.2, 0.25) is 0 Å². The molecule has 0 aromatic carbocycles. The van der Waals surface area contributed by atoms with Crippen LogP contribution in [0.3, 0.4) is 0 Å². The molecular weight excluding hydrogens is 340 g/mol. The summed E-state index contributed by atoms with van der Waals surface area (Å²) < 4.78 is 1.88. The molecule has 0 saturated carbocycles. The van der Waals surface area contributed by atoms with E-state index < -0.39 is 0 Å². The van der Waals surface area contributed by atoms with Crippen molar-refractivity contribution < 1.29 is 4.79 Å². The summed E-state index contributed by atoms with van der Waals surface area (Å²) in [5.41, 5.74) is 0.471. The van der Waals surface area contributed by atoms with Crippen molar-refractivity contribution in [2.45, 2.75) is 59.0 Å². The number of carbonyl (C=O) groups excluding carboxylic acids is 1. The van der Waals surface area contributed by atoms with Crippen LogP contribution in [0, 0.1) is 5.92 Å². The Bertz CT molecular complexity index is 591. The van der Waals surface area contributed by atoms with Crippen LogP contribution < -0.4 is 0 Å². The Balaban J connectivity index is 1.53. The van der Waals surface area contributed by atoms with Crippen LogP contribution in [0.25, 0.3) is 0 Å². The van der Waals surface area contributed by atoms with Crippen molar-refractivity contribution in [3.63, 3.8) is 0 Å². The van der Waals surface area contributed by atoms with Gasteiger partial charge in [0.05, 0.1) is 6.20 Å². The van der Waals surface area contributed by atoms with Gasteiger partial charge in [0.25, 0.3) is 5.91 Å². The number of amides is 1. The molecule has 0 aliphatic carbocycles. The lowest BCUT2D eigenvalue weighted by Crippen LogP contribution is -2.48. The first kappa shape index (κ1) is 20.3. The fourth-order valence-corrected chi connectivity index (χ4v) is 4.60. The first-order valence-electron chi connectivity index (χ1n) is 10.8. The molecule has 2 aliphatic heterocycles. The molecule has 7 heteroatoms. The zero-order valence-corrected chi connectivity index (χ0v) is 17.3. The second-order valence-electron chi connectivity index (χ2n) is 7.97. The summed E-state index contributed by atoms with van der Waals surface area (Å²) >= 11 is 0. The Morgan fingerprint density at radius 2 is 1.89 bits per heavy atom. The van der Waals surface area contributed by atoms with E-state index in [1.165, 1.54) is 51.9 Å². The maximum atomic E-state index is 12.4. The molecule has 1 aromatic rings. The van der Waals surface area contributed by atoms with Gasteiger partial charge in [0, 0.05) is 32.2 Å². The summed E-state index contributed by atoms with van der Waals surface area (Å²) in [5, 5.41) is 8.36. The number of carbonyl (C=O) groups is 1. The number of likely N-dealkylation sites (tertiary alicyclic amines) is 2. The normalized spacial score (nSPS) is 22.9. The first-order chi connectivity index (χ1) is 13.1. The van der Waals surface area contributed by atoms with Gasteiger partial charge in [0.1, 0.15) is 0 Å². The van der Waals surface area contributed by atoms with E-state index in [1.807, 2.05) is 24.7 Å². The van der Waals surface area contributed by atoms with Crippen LogP contribution in [0.4, 0.5) is 0 Å². The lowest BCUT2D eigenvalue weighted by molar-refractivity contribution is 0.0679. The highest BCUT2D eigenvalue weighted by Gasteiger charge is 2.29. The van der Waals surface area contributed by atoms with Crippen LogP contribution in [0.2, 0.25) is 0 Å². The molecule has 7 nitrogen and oxygen atoms in total. The molecule has 3 rings (SSSR count). The third kappa shape index (κ3) is 5.08. The van der Waals surface area contributed by atoms with Crippen molar-refractivity contribution in [1.82, 2.24) is 29.7 Å². The minimum atomic E-state index is -0.0146. The third-order valence-corrected chi connectivity index (χ3v) is 6.32. The lowest BCUT2D eigenvalue weighted by atomic mass is 9.94. The molecule has 0 radical (unpaired) electrons. The van der Waals surface area contributed by atoms with E-state index in [1.54, 1.807) is 4.90 Å². The zero-order valence-electron chi connectivity index (χ0n) is 17.3. The molecule has 2 fully saturated rings. The standard InChI is InChI=1S/C20H36N6O/c1-4-23-12-9-18(10-13-23)25-11-7-8-17(14-25)15-26-16-19(21-22-26)20(27)24(5-2)6-3/h16-18H,4-15H2,1-3H3. The molecule has 1 amide bonds. The van der Waals surface area contributed by atoms with Crippen molar-refractivity contribution in [2.75, 3.05) is 45.8 Å². The predicted molar refractivity (Wildman–Crippen MR) is 107 cm³/mol. The number of hydrogen-bond donors (Lipinski definition) is 0. The minimum absolute atomic E-state index is 0.0146. The van der Waals surface area contributed by atoms with Crippen molar-refractivity contribution in [2.24, 2.45) is 5.92 Å². The summed E-state index contributed by atoms with van der Waals surface area (Å²) in [5.74, 6) is 0.584. The number of hydrogen-bond acceptors (Lipinski definition) is 5. The quantitative estimate of drug-likeness (QED) is 0.728. The van der Waals surface area contributed by atoms with E-state index in [4.69, 9.17) is 0 Å². The van der Waals surface area contributed by atoms with Gasteiger partial charge >= 0.3 is 0 Å². The van der Waals surface area contributed by atoms with Crippen molar-refractivity contribution in [1.29, 1.82) is 0 Å². The van der Waals surface area contributed by atoms with E-state index in [0.29, 0.717) is 24.7 Å². The Labute approximate surface area is 163 Å². The number of nitrogens with zero attached hydrogens (tertiary/aromatic N) is 6. The van der Waals surface area contributed by atoms with Crippen molar-refractivity contribution in [3.8, 4) is 0 Å². The van der Waals surface area contributed by atoms with E-state index >= 15 is 0 Å². The average molecular weight is 377 g/mol. The highest BCUT2D eigenvalue weighted by Crippen LogP contribution is 2.24. The van der Waals surface area contributed by atoms with Gasteiger partial charge in [-0.05, 0) is 71.6 Å². The highest BCUT2D eigenvalue weighted by atomic mass is 16.2. The maximum Gasteiger partial charge on any atom is 0.276 e. The average Bonchev–Trinajstić information content (AvgIpc) is 3.17. The molecule has 27 heavy (non-hydrogen) atoms.